The summed E-state index contributed by atoms with van der Waals surface area (Å²) >= 11 is 5.49. The van der Waals surface area contributed by atoms with Gasteiger partial charge in [-0.2, -0.15) is 0 Å². The third-order valence-corrected chi connectivity index (χ3v) is 4.29. The van der Waals surface area contributed by atoms with Gasteiger partial charge in [-0.05, 0) is 49.2 Å². The monoisotopic (exact) mass is 578 g/mol. The van der Waals surface area contributed by atoms with Gasteiger partial charge in [0.25, 0.3) is 0 Å². The van der Waals surface area contributed by atoms with Crippen molar-refractivity contribution in [2.45, 2.75) is 53.4 Å². The number of ether oxygens (including phenoxy) is 7. The summed E-state index contributed by atoms with van der Waals surface area (Å²) in [6.45, 7) is 16.3. The number of hydrogen-bond acceptors (Lipinski definition) is 8. The Kier molecular flexibility index (Phi) is 21.2. The molecule has 2 heterocycles. The summed E-state index contributed by atoms with van der Waals surface area (Å²) in [4.78, 5) is 0. The van der Waals surface area contributed by atoms with Crippen LogP contribution in [0.15, 0.2) is 49.2 Å². The third-order valence-electron chi connectivity index (χ3n) is 4.14. The first-order chi connectivity index (χ1) is 17.7. The second kappa shape index (κ2) is 21.8. The van der Waals surface area contributed by atoms with E-state index in [-0.39, 0.29) is 51.4 Å². The topological polar surface area (TPSA) is 87.7 Å². The van der Waals surface area contributed by atoms with Gasteiger partial charge in [0.2, 0.25) is 13.6 Å². The standard InChI is InChI=1S/C10H11ClO3.C10H10O3.C4H9O.C4H10O.K/c11-3-4-12-6-8-1-2-9-10(5-8)14-7-13-9;1-2-11-6-8-3-4-9-10(5-8)13-7-12-9;1-4(2,3)5;1-3-5-4-2;/h1-2,5H,3-4,6-7H2;2-5H,1,6-7H2;1-3H3;3-4H2,1-2H3;/q;;-1;;+1. The fraction of sp³-hybridized carbons (Fsp3) is 0.500. The van der Waals surface area contributed by atoms with Crippen molar-refractivity contribution < 1.29 is 89.6 Å². The normalized spacial score (nSPS) is 11.9. The number of benzene rings is 2. The molecule has 0 aromatic heterocycles. The van der Waals surface area contributed by atoms with Crippen LogP contribution in [0.5, 0.6) is 23.0 Å². The minimum Gasteiger partial charge on any atom is -0.850 e. The summed E-state index contributed by atoms with van der Waals surface area (Å²) < 4.78 is 36.0. The van der Waals surface area contributed by atoms with Crippen LogP contribution in [0, 0.1) is 0 Å². The molecule has 0 amide bonds. The molecule has 2 aromatic rings. The molecular weight excluding hydrogens is 539 g/mol. The molecular formula is C28H40ClKO8. The van der Waals surface area contributed by atoms with E-state index in [0.717, 1.165) is 47.3 Å². The average Bonchev–Trinajstić information content (AvgIpc) is 3.52. The molecule has 0 saturated carbocycles. The fourth-order valence-electron chi connectivity index (χ4n) is 2.67. The van der Waals surface area contributed by atoms with Gasteiger partial charge >= 0.3 is 51.4 Å². The molecule has 2 aliphatic heterocycles. The van der Waals surface area contributed by atoms with E-state index >= 15 is 0 Å². The van der Waals surface area contributed by atoms with E-state index in [1.165, 1.54) is 6.26 Å². The molecule has 0 radical (unpaired) electrons. The molecule has 4 rings (SSSR count). The number of hydrogen-bond donors (Lipinski definition) is 0. The molecule has 0 N–H and O–H groups in total. The molecule has 10 heteroatoms. The molecule has 0 saturated heterocycles. The van der Waals surface area contributed by atoms with Crippen LogP contribution in [0.1, 0.15) is 45.7 Å². The van der Waals surface area contributed by atoms with Crippen molar-refractivity contribution in [3.63, 3.8) is 0 Å². The van der Waals surface area contributed by atoms with Gasteiger partial charge in [0.15, 0.2) is 23.0 Å². The van der Waals surface area contributed by atoms with Crippen LogP contribution in [0.3, 0.4) is 0 Å². The Balaban J connectivity index is 0.000000528. The molecule has 0 atom stereocenters. The van der Waals surface area contributed by atoms with Gasteiger partial charge < -0.3 is 38.3 Å². The fourth-order valence-corrected chi connectivity index (χ4v) is 2.77. The first kappa shape index (κ1) is 37.0. The van der Waals surface area contributed by atoms with Gasteiger partial charge in [-0.25, -0.2) is 0 Å². The molecule has 0 fully saturated rings. The minimum atomic E-state index is -0.750. The summed E-state index contributed by atoms with van der Waals surface area (Å²) in [6, 6.07) is 11.5. The van der Waals surface area contributed by atoms with Crippen LogP contribution >= 0.6 is 11.6 Å². The van der Waals surface area contributed by atoms with Crippen LogP contribution in [-0.2, 0) is 27.4 Å². The summed E-state index contributed by atoms with van der Waals surface area (Å²) in [7, 11) is 0. The zero-order valence-corrected chi connectivity index (χ0v) is 27.4. The second-order valence-electron chi connectivity index (χ2n) is 8.49. The van der Waals surface area contributed by atoms with Gasteiger partial charge in [0.05, 0.1) is 19.5 Å². The molecule has 2 aliphatic rings. The molecule has 0 unspecified atom stereocenters. The Hall–Kier alpha value is -1.01. The largest absolute Gasteiger partial charge is 1.00 e. The number of fused-ring (bicyclic) bond motifs is 2. The van der Waals surface area contributed by atoms with Crippen LogP contribution in [0.2, 0.25) is 0 Å². The Labute approximate surface area is 274 Å². The van der Waals surface area contributed by atoms with Crippen LogP contribution in [-0.4, -0.2) is 44.9 Å². The molecule has 0 spiro atoms. The SMILES string of the molecule is C=COCc1ccc2c(c1)OCO2.CC(C)(C)[O-].CCOCC.ClCCOCc1ccc2c(c1)OCO2.[K+]. The number of halogens is 1. The Morgan fingerprint density at radius 2 is 1.29 bits per heavy atom. The van der Waals surface area contributed by atoms with Gasteiger partial charge in [-0.3, -0.25) is 0 Å². The Morgan fingerprint density at radius 1 is 0.842 bits per heavy atom. The van der Waals surface area contributed by atoms with E-state index in [0.29, 0.717) is 39.3 Å². The summed E-state index contributed by atoms with van der Waals surface area (Å²) in [5.41, 5.74) is 1.36. The van der Waals surface area contributed by atoms with Crippen molar-refractivity contribution in [2.24, 2.45) is 0 Å². The smallest absolute Gasteiger partial charge is 0.850 e. The van der Waals surface area contributed by atoms with Gasteiger partial charge in [-0.15, -0.1) is 17.2 Å². The maximum Gasteiger partial charge on any atom is 1.00 e. The van der Waals surface area contributed by atoms with Crippen molar-refractivity contribution in [1.29, 1.82) is 0 Å². The molecule has 2 aromatic carbocycles. The van der Waals surface area contributed by atoms with Gasteiger partial charge in [-0.1, -0.05) is 39.5 Å². The minimum absolute atomic E-state index is 0. The number of alkyl halides is 1. The maximum absolute atomic E-state index is 10.1. The predicted octanol–water partition coefficient (Wildman–Crippen LogP) is 2.44. The zero-order chi connectivity index (χ0) is 27.5. The Morgan fingerprint density at radius 3 is 1.68 bits per heavy atom. The molecule has 208 valence electrons. The van der Waals surface area contributed by atoms with Crippen molar-refractivity contribution in [1.82, 2.24) is 0 Å². The molecule has 38 heavy (non-hydrogen) atoms. The van der Waals surface area contributed by atoms with Crippen molar-refractivity contribution in [3.05, 3.63) is 60.4 Å². The summed E-state index contributed by atoms with van der Waals surface area (Å²) in [5.74, 6) is 3.68. The van der Waals surface area contributed by atoms with E-state index in [2.05, 4.69) is 6.58 Å². The van der Waals surface area contributed by atoms with Crippen molar-refractivity contribution in [2.75, 3.05) is 39.3 Å². The predicted molar refractivity (Wildman–Crippen MR) is 142 cm³/mol. The van der Waals surface area contributed by atoms with Gasteiger partial charge in [0.1, 0.15) is 6.61 Å². The average molecular weight is 579 g/mol. The van der Waals surface area contributed by atoms with E-state index in [9.17, 15) is 5.11 Å². The number of rotatable bonds is 9. The third kappa shape index (κ3) is 17.5. The van der Waals surface area contributed by atoms with Gasteiger partial charge in [0, 0.05) is 19.1 Å². The Bertz CT molecular complexity index is 897. The van der Waals surface area contributed by atoms with Crippen molar-refractivity contribution in [3.8, 4) is 23.0 Å². The van der Waals surface area contributed by atoms with Crippen molar-refractivity contribution >= 4 is 11.6 Å². The molecule has 8 nitrogen and oxygen atoms in total. The summed E-state index contributed by atoms with van der Waals surface area (Å²) in [6.07, 6.45) is 1.42. The summed E-state index contributed by atoms with van der Waals surface area (Å²) in [5, 5.41) is 10.1. The first-order valence-corrected chi connectivity index (χ1v) is 12.7. The van der Waals surface area contributed by atoms with E-state index in [4.69, 9.17) is 44.8 Å². The quantitative estimate of drug-likeness (QED) is 0.194. The van der Waals surface area contributed by atoms with Crippen LogP contribution < -0.4 is 75.4 Å². The van der Waals surface area contributed by atoms with E-state index in [1.807, 2.05) is 50.2 Å². The van der Waals surface area contributed by atoms with Crippen LogP contribution in [0.25, 0.3) is 0 Å². The molecule has 0 aliphatic carbocycles. The second-order valence-corrected chi connectivity index (χ2v) is 8.87. The zero-order valence-electron chi connectivity index (χ0n) is 23.5. The van der Waals surface area contributed by atoms with E-state index < -0.39 is 5.60 Å². The first-order valence-electron chi connectivity index (χ1n) is 12.1. The maximum atomic E-state index is 10.1. The van der Waals surface area contributed by atoms with E-state index in [1.54, 1.807) is 20.8 Å². The molecule has 0 bridgehead atoms. The van der Waals surface area contributed by atoms with Crippen LogP contribution in [0.4, 0.5) is 0 Å².